The summed E-state index contributed by atoms with van der Waals surface area (Å²) in [4.78, 5) is 4.27. The lowest BCUT2D eigenvalue weighted by Gasteiger charge is -2.09. The minimum absolute atomic E-state index is 0.293. The fraction of sp³-hybridized carbons (Fsp3) is 0.462. The Labute approximate surface area is 111 Å². The number of hydrogen-bond acceptors (Lipinski definition) is 5. The molecule has 18 heavy (non-hydrogen) atoms. The number of rotatable bonds is 7. The predicted molar refractivity (Wildman–Crippen MR) is 78.1 cm³/mol. The van der Waals surface area contributed by atoms with Crippen molar-refractivity contribution in [1.82, 2.24) is 4.98 Å². The van der Waals surface area contributed by atoms with Crippen LogP contribution >= 0.6 is 11.3 Å². The van der Waals surface area contributed by atoms with Gasteiger partial charge in [-0.25, -0.2) is 4.98 Å². The number of aliphatic hydroxyl groups is 1. The third kappa shape index (κ3) is 3.11. The number of hydrogen-bond donors (Lipinski definition) is 3. The highest BCUT2D eigenvalue weighted by Crippen LogP contribution is 2.29. The van der Waals surface area contributed by atoms with Gasteiger partial charge in [-0.15, -0.1) is 11.3 Å². The monoisotopic (exact) mass is 265 g/mol. The molecule has 98 valence electrons. The van der Waals surface area contributed by atoms with E-state index in [1.165, 1.54) is 0 Å². The summed E-state index contributed by atoms with van der Waals surface area (Å²) in [5, 5.41) is 12.0. The summed E-state index contributed by atoms with van der Waals surface area (Å²) < 4.78 is 1.13. The first-order chi connectivity index (χ1) is 8.83. The van der Waals surface area contributed by atoms with Gasteiger partial charge in [0.1, 0.15) is 5.52 Å². The minimum atomic E-state index is 0.293. The number of benzene rings is 1. The largest absolute Gasteiger partial charge is 0.396 e. The van der Waals surface area contributed by atoms with Crippen molar-refractivity contribution >= 4 is 32.9 Å². The highest BCUT2D eigenvalue weighted by Gasteiger charge is 2.05. The molecule has 5 heteroatoms. The molecule has 0 unspecified atom stereocenters. The molecule has 2 rings (SSSR count). The van der Waals surface area contributed by atoms with Gasteiger partial charge in [0, 0.05) is 13.2 Å². The number of nitrogens with two attached hydrogens (primary N) is 1. The maximum absolute atomic E-state index is 8.68. The van der Waals surface area contributed by atoms with Gasteiger partial charge in [-0.2, -0.15) is 0 Å². The molecule has 0 aliphatic rings. The summed E-state index contributed by atoms with van der Waals surface area (Å²) in [6, 6.07) is 4.07. The van der Waals surface area contributed by atoms with Gasteiger partial charge >= 0.3 is 0 Å². The standard InChI is InChI=1S/C13H19N3OS/c14-12-10(15-7-3-1-2-4-8-17)5-6-11-13(12)16-9-18-11/h5-6,9,15,17H,1-4,7-8,14H2. The van der Waals surface area contributed by atoms with Gasteiger partial charge in [0.15, 0.2) is 0 Å². The summed E-state index contributed by atoms with van der Waals surface area (Å²) >= 11 is 1.61. The average Bonchev–Trinajstić information content (AvgIpc) is 2.85. The number of anilines is 2. The fourth-order valence-corrected chi connectivity index (χ4v) is 2.61. The normalized spacial score (nSPS) is 10.9. The van der Waals surface area contributed by atoms with Crippen LogP contribution in [-0.4, -0.2) is 23.2 Å². The summed E-state index contributed by atoms with van der Waals surface area (Å²) in [6.07, 6.45) is 4.20. The van der Waals surface area contributed by atoms with E-state index in [2.05, 4.69) is 16.4 Å². The molecule has 2 aromatic rings. The molecule has 1 aromatic carbocycles. The van der Waals surface area contributed by atoms with Gasteiger partial charge in [-0.05, 0) is 25.0 Å². The topological polar surface area (TPSA) is 71.2 Å². The Morgan fingerprint density at radius 2 is 2.06 bits per heavy atom. The summed E-state index contributed by atoms with van der Waals surface area (Å²) in [6.45, 7) is 1.20. The zero-order chi connectivity index (χ0) is 12.8. The number of nitrogens with one attached hydrogen (secondary N) is 1. The first-order valence-electron chi connectivity index (χ1n) is 6.29. The van der Waals surface area contributed by atoms with Gasteiger partial charge in [-0.3, -0.25) is 0 Å². The van der Waals surface area contributed by atoms with Crippen LogP contribution in [0.2, 0.25) is 0 Å². The number of thiazole rings is 1. The van der Waals surface area contributed by atoms with Gasteiger partial charge in [0.25, 0.3) is 0 Å². The number of aliphatic hydroxyl groups excluding tert-OH is 1. The number of fused-ring (bicyclic) bond motifs is 1. The SMILES string of the molecule is Nc1c(NCCCCCCO)ccc2scnc12. The molecule has 0 saturated heterocycles. The quantitative estimate of drug-likeness (QED) is 0.532. The van der Waals surface area contributed by atoms with Crippen LogP contribution in [-0.2, 0) is 0 Å². The molecule has 0 aliphatic carbocycles. The Bertz CT molecular complexity index is 498. The summed E-state index contributed by atoms with van der Waals surface area (Å²) in [5.74, 6) is 0. The Hall–Kier alpha value is -1.33. The lowest BCUT2D eigenvalue weighted by molar-refractivity contribution is 0.283. The number of unbranched alkanes of at least 4 members (excludes halogenated alkanes) is 3. The van der Waals surface area contributed by atoms with E-state index in [1.54, 1.807) is 11.3 Å². The zero-order valence-corrected chi connectivity index (χ0v) is 11.2. The van der Waals surface area contributed by atoms with Crippen molar-refractivity contribution in [3.05, 3.63) is 17.6 Å². The second-order valence-corrected chi connectivity index (χ2v) is 5.18. The Balaban J connectivity index is 1.86. The highest BCUT2D eigenvalue weighted by molar-refractivity contribution is 7.16. The van der Waals surface area contributed by atoms with E-state index in [0.717, 1.165) is 53.8 Å². The number of aromatic nitrogens is 1. The van der Waals surface area contributed by atoms with Crippen LogP contribution in [0.15, 0.2) is 17.6 Å². The van der Waals surface area contributed by atoms with E-state index < -0.39 is 0 Å². The van der Waals surface area contributed by atoms with Crippen molar-refractivity contribution in [3.8, 4) is 0 Å². The van der Waals surface area contributed by atoms with E-state index in [-0.39, 0.29) is 0 Å². The molecule has 0 aliphatic heterocycles. The molecular formula is C13H19N3OS. The maximum Gasteiger partial charge on any atom is 0.106 e. The molecule has 0 radical (unpaired) electrons. The van der Waals surface area contributed by atoms with Crippen LogP contribution in [0.1, 0.15) is 25.7 Å². The van der Waals surface area contributed by atoms with Gasteiger partial charge in [-0.1, -0.05) is 12.8 Å². The summed E-state index contributed by atoms with van der Waals surface area (Å²) in [7, 11) is 0. The van der Waals surface area contributed by atoms with Crippen molar-refractivity contribution in [2.24, 2.45) is 0 Å². The molecule has 4 nitrogen and oxygen atoms in total. The third-order valence-electron chi connectivity index (χ3n) is 2.94. The van der Waals surface area contributed by atoms with Gasteiger partial charge in [0.2, 0.25) is 0 Å². The van der Waals surface area contributed by atoms with Crippen LogP contribution in [0.25, 0.3) is 10.2 Å². The predicted octanol–water partition coefficient (Wildman–Crippen LogP) is 2.84. The molecule has 0 fully saturated rings. The smallest absolute Gasteiger partial charge is 0.106 e. The molecule has 1 aromatic heterocycles. The second kappa shape index (κ2) is 6.56. The number of nitrogen functional groups attached to an aromatic ring is 1. The van der Waals surface area contributed by atoms with E-state index in [4.69, 9.17) is 10.8 Å². The molecule has 0 bridgehead atoms. The Kier molecular flexibility index (Phi) is 4.78. The van der Waals surface area contributed by atoms with Crippen molar-refractivity contribution in [3.63, 3.8) is 0 Å². The van der Waals surface area contributed by atoms with Crippen LogP contribution < -0.4 is 11.1 Å². The molecule has 0 amide bonds. The van der Waals surface area contributed by atoms with Crippen LogP contribution in [0.5, 0.6) is 0 Å². The van der Waals surface area contributed by atoms with Crippen molar-refractivity contribution in [2.75, 3.05) is 24.2 Å². The lowest BCUT2D eigenvalue weighted by atomic mass is 10.2. The van der Waals surface area contributed by atoms with E-state index >= 15 is 0 Å². The fourth-order valence-electron chi connectivity index (χ4n) is 1.92. The molecular weight excluding hydrogens is 246 g/mol. The Morgan fingerprint density at radius 1 is 1.22 bits per heavy atom. The van der Waals surface area contributed by atoms with Crippen molar-refractivity contribution in [2.45, 2.75) is 25.7 Å². The average molecular weight is 265 g/mol. The molecule has 0 atom stereocenters. The molecule has 0 saturated carbocycles. The summed E-state index contributed by atoms with van der Waals surface area (Å²) in [5.41, 5.74) is 10.5. The minimum Gasteiger partial charge on any atom is -0.396 e. The van der Waals surface area contributed by atoms with Gasteiger partial charge in [0.05, 0.1) is 21.6 Å². The third-order valence-corrected chi connectivity index (χ3v) is 3.74. The maximum atomic E-state index is 8.68. The molecule has 1 heterocycles. The van der Waals surface area contributed by atoms with Crippen molar-refractivity contribution < 1.29 is 5.11 Å². The van der Waals surface area contributed by atoms with E-state index in [0.29, 0.717) is 6.61 Å². The first kappa shape index (κ1) is 13.1. The zero-order valence-electron chi connectivity index (χ0n) is 10.4. The number of nitrogens with zero attached hydrogens (tertiary/aromatic N) is 1. The second-order valence-electron chi connectivity index (χ2n) is 4.29. The van der Waals surface area contributed by atoms with E-state index in [1.807, 2.05) is 11.6 Å². The van der Waals surface area contributed by atoms with Gasteiger partial charge < -0.3 is 16.2 Å². The van der Waals surface area contributed by atoms with Crippen molar-refractivity contribution in [1.29, 1.82) is 0 Å². The Morgan fingerprint density at radius 3 is 2.89 bits per heavy atom. The van der Waals surface area contributed by atoms with Crippen LogP contribution in [0.4, 0.5) is 11.4 Å². The van der Waals surface area contributed by atoms with Crippen LogP contribution in [0.3, 0.4) is 0 Å². The van der Waals surface area contributed by atoms with Crippen LogP contribution in [0, 0.1) is 0 Å². The molecule has 0 spiro atoms. The highest BCUT2D eigenvalue weighted by atomic mass is 32.1. The first-order valence-corrected chi connectivity index (χ1v) is 7.17. The van der Waals surface area contributed by atoms with E-state index in [9.17, 15) is 0 Å². The molecule has 4 N–H and O–H groups in total. The lowest BCUT2D eigenvalue weighted by Crippen LogP contribution is -2.04.